The molecule has 4 heteroatoms. The number of aryl methyl sites for hydroxylation is 1. The Kier molecular flexibility index (Phi) is 7.14. The minimum atomic E-state index is -0.105. The molecule has 0 aliphatic carbocycles. The number of hydrogen-bond donors (Lipinski definition) is 0. The van der Waals surface area contributed by atoms with Gasteiger partial charge in [-0.15, -0.1) is 0 Å². The first kappa shape index (κ1) is 24.7. The zero-order valence-electron chi connectivity index (χ0n) is 21.2. The number of rotatable bonds is 8. The van der Waals surface area contributed by atoms with Gasteiger partial charge in [0.15, 0.2) is 11.6 Å². The van der Waals surface area contributed by atoms with E-state index < -0.39 is 0 Å². The minimum Gasteiger partial charge on any atom is -0.457 e. The van der Waals surface area contributed by atoms with Crippen molar-refractivity contribution in [1.82, 2.24) is 0 Å². The molecule has 5 aromatic rings. The molecule has 0 saturated heterocycles. The number of benzene rings is 5. The highest BCUT2D eigenvalue weighted by Crippen LogP contribution is 2.29. The Balaban J connectivity index is 1.20. The highest BCUT2D eigenvalue weighted by Gasteiger charge is 2.10. The van der Waals surface area contributed by atoms with Crippen LogP contribution in [0, 0.1) is 6.92 Å². The highest BCUT2D eigenvalue weighted by atomic mass is 16.5. The topological polar surface area (TPSA) is 52.6 Å². The molecule has 0 N–H and O–H groups in total. The molecule has 0 amide bonds. The maximum Gasteiger partial charge on any atom is 0.193 e. The van der Waals surface area contributed by atoms with Gasteiger partial charge in [-0.05, 0) is 85.6 Å². The normalized spacial score (nSPS) is 10.6. The van der Waals surface area contributed by atoms with E-state index in [9.17, 15) is 9.59 Å². The number of Topliss-reactive ketones (excluding diaryl/α,β-unsaturated/α-hetero) is 1. The summed E-state index contributed by atoms with van der Waals surface area (Å²) in [4.78, 5) is 24.2. The molecule has 5 aromatic carbocycles. The molecular formula is C34H26O4. The van der Waals surface area contributed by atoms with Crippen molar-refractivity contribution in [1.29, 1.82) is 0 Å². The van der Waals surface area contributed by atoms with Gasteiger partial charge in [-0.25, -0.2) is 0 Å². The van der Waals surface area contributed by atoms with E-state index in [1.54, 1.807) is 48.5 Å². The first-order valence-electron chi connectivity index (χ1n) is 12.3. The van der Waals surface area contributed by atoms with Crippen LogP contribution < -0.4 is 9.47 Å². The van der Waals surface area contributed by atoms with Crippen molar-refractivity contribution in [3.05, 3.63) is 144 Å². The third-order valence-electron chi connectivity index (χ3n) is 6.20. The monoisotopic (exact) mass is 498 g/mol. The number of carbonyl (C=O) groups excluding carboxylic acids is 2. The first-order valence-corrected chi connectivity index (χ1v) is 12.3. The molecule has 0 fully saturated rings. The molecule has 38 heavy (non-hydrogen) atoms. The largest absolute Gasteiger partial charge is 0.457 e. The van der Waals surface area contributed by atoms with Crippen LogP contribution in [0.25, 0.3) is 11.1 Å². The van der Waals surface area contributed by atoms with Gasteiger partial charge in [0, 0.05) is 16.7 Å². The summed E-state index contributed by atoms with van der Waals surface area (Å²) in [5, 5.41) is 0. The van der Waals surface area contributed by atoms with Crippen LogP contribution in [-0.4, -0.2) is 11.6 Å². The van der Waals surface area contributed by atoms with Gasteiger partial charge in [0.2, 0.25) is 0 Å². The van der Waals surface area contributed by atoms with Crippen molar-refractivity contribution in [2.24, 2.45) is 0 Å². The standard InChI is InChI=1S/C34H26O4/c1-23-3-15-30(16-4-23)37-31-17-9-26(10-18-31)27-11-19-32(20-12-27)38-33-21-13-29(14-22-33)34(36)28-7-5-25(6-8-28)24(2)35/h3-22H,1-2H3. The maximum atomic E-state index is 12.8. The number of hydrogen-bond acceptors (Lipinski definition) is 4. The second-order valence-electron chi connectivity index (χ2n) is 9.05. The van der Waals surface area contributed by atoms with Crippen molar-refractivity contribution in [3.8, 4) is 34.1 Å². The Morgan fingerprint density at radius 2 is 0.763 bits per heavy atom. The summed E-state index contributed by atoms with van der Waals surface area (Å²) in [5.74, 6) is 2.80. The molecule has 5 rings (SSSR count). The highest BCUT2D eigenvalue weighted by molar-refractivity contribution is 6.09. The van der Waals surface area contributed by atoms with E-state index in [2.05, 4.69) is 0 Å². The summed E-state index contributed by atoms with van der Waals surface area (Å²) in [6.07, 6.45) is 0. The summed E-state index contributed by atoms with van der Waals surface area (Å²) in [7, 11) is 0. The Bertz CT molecular complexity index is 1550. The Hall–Kier alpha value is -4.96. The second-order valence-corrected chi connectivity index (χ2v) is 9.05. The van der Waals surface area contributed by atoms with Crippen LogP contribution in [0.2, 0.25) is 0 Å². The Labute approximate surface area is 222 Å². The third-order valence-corrected chi connectivity index (χ3v) is 6.20. The van der Waals surface area contributed by atoms with Crippen molar-refractivity contribution < 1.29 is 19.1 Å². The van der Waals surface area contributed by atoms with Crippen LogP contribution in [0.1, 0.15) is 38.8 Å². The lowest BCUT2D eigenvalue weighted by Gasteiger charge is -2.09. The SMILES string of the molecule is CC(=O)c1ccc(C(=O)c2ccc(Oc3ccc(-c4ccc(Oc5ccc(C)cc5)cc4)cc3)cc2)cc1. The zero-order chi connectivity index (χ0) is 26.5. The van der Waals surface area contributed by atoms with Gasteiger partial charge in [0.25, 0.3) is 0 Å². The fourth-order valence-electron chi connectivity index (χ4n) is 4.01. The van der Waals surface area contributed by atoms with E-state index in [4.69, 9.17) is 9.47 Å². The smallest absolute Gasteiger partial charge is 0.193 e. The van der Waals surface area contributed by atoms with E-state index in [-0.39, 0.29) is 11.6 Å². The van der Waals surface area contributed by atoms with Crippen molar-refractivity contribution in [2.75, 3.05) is 0 Å². The van der Waals surface area contributed by atoms with E-state index in [0.717, 1.165) is 22.6 Å². The number of ketones is 2. The third kappa shape index (κ3) is 5.88. The van der Waals surface area contributed by atoms with Gasteiger partial charge in [0.05, 0.1) is 0 Å². The molecule has 0 radical (unpaired) electrons. The van der Waals surface area contributed by atoms with Crippen molar-refractivity contribution in [3.63, 3.8) is 0 Å². The van der Waals surface area contributed by atoms with E-state index >= 15 is 0 Å². The summed E-state index contributed by atoms with van der Waals surface area (Å²) < 4.78 is 11.9. The fourth-order valence-corrected chi connectivity index (χ4v) is 4.01. The minimum absolute atomic E-state index is 0.0278. The maximum absolute atomic E-state index is 12.8. The number of carbonyl (C=O) groups is 2. The van der Waals surface area contributed by atoms with Gasteiger partial charge in [-0.1, -0.05) is 66.2 Å². The van der Waals surface area contributed by atoms with Gasteiger partial charge < -0.3 is 9.47 Å². The first-order chi connectivity index (χ1) is 18.4. The zero-order valence-corrected chi connectivity index (χ0v) is 21.2. The van der Waals surface area contributed by atoms with Crippen molar-refractivity contribution >= 4 is 11.6 Å². The molecule has 0 unspecified atom stereocenters. The quantitative estimate of drug-likeness (QED) is 0.201. The van der Waals surface area contributed by atoms with Gasteiger partial charge >= 0.3 is 0 Å². The van der Waals surface area contributed by atoms with Crippen molar-refractivity contribution in [2.45, 2.75) is 13.8 Å². The second kappa shape index (κ2) is 11.0. The van der Waals surface area contributed by atoms with Gasteiger partial charge in [-0.3, -0.25) is 9.59 Å². The summed E-state index contributed by atoms with van der Waals surface area (Å²) >= 11 is 0. The molecule has 4 nitrogen and oxygen atoms in total. The average molecular weight is 499 g/mol. The number of ether oxygens (including phenoxy) is 2. The molecule has 0 saturated carbocycles. The molecule has 186 valence electrons. The average Bonchev–Trinajstić information content (AvgIpc) is 2.95. The van der Waals surface area contributed by atoms with Gasteiger partial charge in [0.1, 0.15) is 23.0 Å². The predicted molar refractivity (Wildman–Crippen MR) is 150 cm³/mol. The lowest BCUT2D eigenvalue weighted by atomic mass is 10.0. The van der Waals surface area contributed by atoms with Crippen LogP contribution in [0.4, 0.5) is 0 Å². The Morgan fingerprint density at radius 1 is 0.447 bits per heavy atom. The fraction of sp³-hybridized carbons (Fsp3) is 0.0588. The van der Waals surface area contributed by atoms with E-state index in [1.807, 2.05) is 79.7 Å². The van der Waals surface area contributed by atoms with Crippen LogP contribution in [0.15, 0.2) is 121 Å². The van der Waals surface area contributed by atoms with Gasteiger partial charge in [-0.2, -0.15) is 0 Å². The van der Waals surface area contributed by atoms with Crippen LogP contribution >= 0.6 is 0 Å². The molecule has 0 bridgehead atoms. The van der Waals surface area contributed by atoms with E-state index in [0.29, 0.717) is 28.2 Å². The Morgan fingerprint density at radius 3 is 1.16 bits per heavy atom. The van der Waals surface area contributed by atoms with Crippen LogP contribution in [-0.2, 0) is 0 Å². The summed E-state index contributed by atoms with van der Waals surface area (Å²) in [6, 6.07) is 37.5. The summed E-state index contributed by atoms with van der Waals surface area (Å²) in [6.45, 7) is 3.55. The van der Waals surface area contributed by atoms with Crippen LogP contribution in [0.5, 0.6) is 23.0 Å². The molecule has 0 aliphatic heterocycles. The predicted octanol–water partition coefficient (Wildman–Crippen LogP) is 8.68. The molecule has 0 aliphatic rings. The van der Waals surface area contributed by atoms with Crippen LogP contribution in [0.3, 0.4) is 0 Å². The van der Waals surface area contributed by atoms with E-state index in [1.165, 1.54) is 12.5 Å². The lowest BCUT2D eigenvalue weighted by Crippen LogP contribution is -2.02. The molecule has 0 heterocycles. The molecule has 0 aromatic heterocycles. The molecule has 0 atom stereocenters. The summed E-state index contributed by atoms with van der Waals surface area (Å²) in [5.41, 5.74) is 5.01. The molecular weight excluding hydrogens is 472 g/mol. The molecule has 0 spiro atoms. The lowest BCUT2D eigenvalue weighted by molar-refractivity contribution is 0.101.